The minimum Gasteiger partial charge on any atom is -0.448 e. The summed E-state index contributed by atoms with van der Waals surface area (Å²) in [5.74, 6) is -1.07. The van der Waals surface area contributed by atoms with Crippen LogP contribution in [0.5, 0.6) is 0 Å². The van der Waals surface area contributed by atoms with Gasteiger partial charge in [-0.25, -0.2) is 4.79 Å². The number of hydrogen-bond acceptors (Lipinski definition) is 5. The fourth-order valence-corrected chi connectivity index (χ4v) is 6.05. The third-order valence-electron chi connectivity index (χ3n) is 7.78. The van der Waals surface area contributed by atoms with Gasteiger partial charge in [0.15, 0.2) is 5.78 Å². The Labute approximate surface area is 217 Å². The van der Waals surface area contributed by atoms with E-state index in [1.54, 1.807) is 4.90 Å². The highest BCUT2D eigenvalue weighted by molar-refractivity contribution is 5.96. The van der Waals surface area contributed by atoms with Gasteiger partial charge in [-0.05, 0) is 47.2 Å². The van der Waals surface area contributed by atoms with Gasteiger partial charge in [-0.3, -0.25) is 14.7 Å². The van der Waals surface area contributed by atoms with E-state index in [0.717, 1.165) is 40.6 Å². The Hall–Kier alpha value is -3.72. The third-order valence-corrected chi connectivity index (χ3v) is 7.78. The van der Waals surface area contributed by atoms with E-state index >= 15 is 0 Å². The molecule has 2 bridgehead atoms. The summed E-state index contributed by atoms with van der Waals surface area (Å²) >= 11 is 0. The zero-order valence-corrected chi connectivity index (χ0v) is 20.4. The summed E-state index contributed by atoms with van der Waals surface area (Å²) in [6.45, 7) is 0.654. The molecule has 2 atom stereocenters. The Morgan fingerprint density at radius 2 is 1.55 bits per heavy atom. The Bertz CT molecular complexity index is 1330. The number of hydrogen-bond donors (Lipinski definition) is 0. The molecule has 0 N–H and O–H groups in total. The van der Waals surface area contributed by atoms with Crippen molar-refractivity contribution in [2.45, 2.75) is 37.0 Å². The first kappa shape index (κ1) is 24.6. The number of piperidine rings is 1. The third kappa shape index (κ3) is 4.34. The minimum absolute atomic E-state index is 0.0754. The number of morpholine rings is 1. The van der Waals surface area contributed by atoms with Gasteiger partial charge in [-0.15, -0.1) is 0 Å². The number of Topliss-reactive ketones (excluding diaryl/α,β-unsaturated/α-hetero) is 1. The van der Waals surface area contributed by atoms with Crippen LogP contribution in [0, 0.1) is 5.92 Å². The SMILES string of the molecule is O=C(c1cc(C(F)(F)F)ccn1)C1CC2COCC(C1)N2C(=O)OCC1c2ccccc2-c2ccccc21. The molecule has 1 aliphatic carbocycles. The van der Waals surface area contributed by atoms with Gasteiger partial charge >= 0.3 is 12.3 Å². The number of pyridine rings is 1. The molecule has 38 heavy (non-hydrogen) atoms. The zero-order chi connectivity index (χ0) is 26.4. The van der Waals surface area contributed by atoms with Crippen molar-refractivity contribution in [2.75, 3.05) is 19.8 Å². The van der Waals surface area contributed by atoms with Crippen LogP contribution in [0.4, 0.5) is 18.0 Å². The maximum atomic E-state index is 13.3. The van der Waals surface area contributed by atoms with Gasteiger partial charge in [0, 0.05) is 18.0 Å². The van der Waals surface area contributed by atoms with Crippen LogP contribution in [0.3, 0.4) is 0 Å². The summed E-state index contributed by atoms with van der Waals surface area (Å²) in [4.78, 5) is 32.0. The van der Waals surface area contributed by atoms with Crippen LogP contribution in [0.2, 0.25) is 0 Å². The summed E-state index contributed by atoms with van der Waals surface area (Å²) in [6, 6.07) is 17.0. The van der Waals surface area contributed by atoms with Crippen molar-refractivity contribution in [1.82, 2.24) is 9.88 Å². The highest BCUT2D eigenvalue weighted by atomic mass is 19.4. The second-order valence-electron chi connectivity index (χ2n) is 10.0. The second-order valence-corrected chi connectivity index (χ2v) is 10.0. The minimum atomic E-state index is -4.56. The van der Waals surface area contributed by atoms with E-state index < -0.39 is 41.6 Å². The molecule has 1 aromatic heterocycles. The molecular weight excluding hydrogens is 497 g/mol. The normalized spacial score (nSPS) is 22.5. The highest BCUT2D eigenvalue weighted by Gasteiger charge is 2.45. The Morgan fingerprint density at radius 3 is 2.16 bits per heavy atom. The molecule has 6 rings (SSSR count). The smallest absolute Gasteiger partial charge is 0.416 e. The van der Waals surface area contributed by atoms with Crippen LogP contribution in [-0.2, 0) is 15.7 Å². The number of ether oxygens (including phenoxy) is 2. The zero-order valence-electron chi connectivity index (χ0n) is 20.4. The second kappa shape index (κ2) is 9.54. The van der Waals surface area contributed by atoms with Crippen molar-refractivity contribution in [3.05, 3.63) is 89.2 Å². The van der Waals surface area contributed by atoms with E-state index in [-0.39, 0.29) is 44.3 Å². The number of aromatic nitrogens is 1. The molecular formula is C29H25F3N2O4. The molecule has 2 aliphatic heterocycles. The van der Waals surface area contributed by atoms with E-state index in [1.165, 1.54) is 0 Å². The van der Waals surface area contributed by atoms with E-state index in [4.69, 9.17) is 9.47 Å². The summed E-state index contributed by atoms with van der Waals surface area (Å²) < 4.78 is 50.9. The van der Waals surface area contributed by atoms with E-state index in [9.17, 15) is 22.8 Å². The lowest BCUT2D eigenvalue weighted by Gasteiger charge is -2.47. The van der Waals surface area contributed by atoms with Gasteiger partial charge in [0.1, 0.15) is 12.3 Å². The number of nitrogens with zero attached hydrogens (tertiary/aromatic N) is 2. The molecule has 196 valence electrons. The lowest BCUT2D eigenvalue weighted by atomic mass is 9.81. The molecule has 0 radical (unpaired) electrons. The van der Waals surface area contributed by atoms with Crippen molar-refractivity contribution < 1.29 is 32.2 Å². The first-order chi connectivity index (χ1) is 18.3. The first-order valence-electron chi connectivity index (χ1n) is 12.6. The van der Waals surface area contributed by atoms with Gasteiger partial charge in [-0.2, -0.15) is 13.2 Å². The molecule has 6 nitrogen and oxygen atoms in total. The van der Waals surface area contributed by atoms with E-state index in [1.807, 2.05) is 24.3 Å². The van der Waals surface area contributed by atoms with E-state index in [2.05, 4.69) is 29.2 Å². The largest absolute Gasteiger partial charge is 0.448 e. The number of amides is 1. The van der Waals surface area contributed by atoms with Crippen LogP contribution in [0.1, 0.15) is 45.9 Å². The summed E-state index contributed by atoms with van der Waals surface area (Å²) in [6.07, 6.45) is -3.47. The van der Waals surface area contributed by atoms with Crippen LogP contribution in [0.25, 0.3) is 11.1 Å². The number of carbonyl (C=O) groups excluding carboxylic acids is 2. The van der Waals surface area contributed by atoms with Crippen molar-refractivity contribution in [3.63, 3.8) is 0 Å². The molecule has 0 spiro atoms. The van der Waals surface area contributed by atoms with Gasteiger partial charge in [-0.1, -0.05) is 48.5 Å². The summed E-state index contributed by atoms with van der Waals surface area (Å²) in [5.41, 5.74) is 3.38. The average Bonchev–Trinajstić information content (AvgIpc) is 3.24. The van der Waals surface area contributed by atoms with Crippen molar-refractivity contribution in [2.24, 2.45) is 5.92 Å². The van der Waals surface area contributed by atoms with Crippen LogP contribution in [0.15, 0.2) is 66.9 Å². The molecule has 2 fully saturated rings. The topological polar surface area (TPSA) is 68.7 Å². The van der Waals surface area contributed by atoms with E-state index in [0.29, 0.717) is 0 Å². The number of fused-ring (bicyclic) bond motifs is 5. The molecule has 0 saturated carbocycles. The maximum Gasteiger partial charge on any atom is 0.416 e. The molecule has 1 amide bonds. The fraction of sp³-hybridized carbons (Fsp3) is 0.345. The van der Waals surface area contributed by atoms with Gasteiger partial charge in [0.2, 0.25) is 0 Å². The molecule has 3 aromatic rings. The molecule has 2 saturated heterocycles. The maximum absolute atomic E-state index is 13.3. The standard InChI is InChI=1S/C29H25F3N2O4/c30-29(31,32)18-9-10-33-26(13-18)27(35)17-11-19-14-37-15-20(12-17)34(19)28(36)38-16-25-23-7-3-1-5-21(23)22-6-2-4-8-24(22)25/h1-10,13,17,19-20,25H,11-12,14-16H2. The van der Waals surface area contributed by atoms with Crippen LogP contribution < -0.4 is 0 Å². The van der Waals surface area contributed by atoms with Crippen molar-refractivity contribution in [1.29, 1.82) is 0 Å². The Balaban J connectivity index is 1.16. The molecule has 3 heterocycles. The lowest BCUT2D eigenvalue weighted by Crippen LogP contribution is -2.60. The molecule has 9 heteroatoms. The summed E-state index contributed by atoms with van der Waals surface area (Å²) in [5, 5.41) is 0. The van der Waals surface area contributed by atoms with Gasteiger partial charge in [0.25, 0.3) is 0 Å². The quantitative estimate of drug-likeness (QED) is 0.411. The Morgan fingerprint density at radius 1 is 0.947 bits per heavy atom. The first-order valence-corrected chi connectivity index (χ1v) is 12.6. The Kier molecular flexibility index (Phi) is 6.18. The van der Waals surface area contributed by atoms with Crippen LogP contribution >= 0.6 is 0 Å². The molecule has 3 aliphatic rings. The predicted molar refractivity (Wildman–Crippen MR) is 132 cm³/mol. The number of rotatable bonds is 4. The lowest BCUT2D eigenvalue weighted by molar-refractivity contribution is -0.137. The number of carbonyl (C=O) groups is 2. The number of alkyl halides is 3. The van der Waals surface area contributed by atoms with Gasteiger partial charge in [0.05, 0.1) is 30.9 Å². The molecule has 2 aromatic carbocycles. The summed E-state index contributed by atoms with van der Waals surface area (Å²) in [7, 11) is 0. The number of ketones is 1. The molecule has 2 unspecified atom stereocenters. The van der Waals surface area contributed by atoms with Crippen LogP contribution in [-0.4, -0.2) is 53.7 Å². The average molecular weight is 523 g/mol. The number of halogens is 3. The monoisotopic (exact) mass is 522 g/mol. The van der Waals surface area contributed by atoms with Crippen molar-refractivity contribution >= 4 is 11.9 Å². The van der Waals surface area contributed by atoms with Gasteiger partial charge < -0.3 is 9.47 Å². The number of benzene rings is 2. The van der Waals surface area contributed by atoms with Crippen molar-refractivity contribution in [3.8, 4) is 11.1 Å². The predicted octanol–water partition coefficient (Wildman–Crippen LogP) is 5.71. The highest BCUT2D eigenvalue weighted by Crippen LogP contribution is 2.45. The fourth-order valence-electron chi connectivity index (χ4n) is 6.05.